The van der Waals surface area contributed by atoms with Gasteiger partial charge in [0.1, 0.15) is 5.82 Å². The molecule has 1 heterocycles. The van der Waals surface area contributed by atoms with Crippen LogP contribution in [0.15, 0.2) is 48.7 Å². The van der Waals surface area contributed by atoms with E-state index in [4.69, 9.17) is 5.26 Å². The average molecular weight is 319 g/mol. The quantitative estimate of drug-likeness (QED) is 0.745. The molecule has 1 saturated carbocycles. The Kier molecular flexibility index (Phi) is 3.79. The normalized spacial score (nSPS) is 19.3. The fourth-order valence-corrected chi connectivity index (χ4v) is 3.38. The zero-order valence-electron chi connectivity index (χ0n) is 13.2. The van der Waals surface area contributed by atoms with E-state index in [2.05, 4.69) is 22.6 Å². The van der Waals surface area contributed by atoms with Crippen molar-refractivity contribution in [1.82, 2.24) is 10.3 Å². The Morgan fingerprint density at radius 2 is 2.04 bits per heavy atom. The van der Waals surface area contributed by atoms with Crippen molar-refractivity contribution in [1.29, 1.82) is 5.26 Å². The van der Waals surface area contributed by atoms with Crippen molar-refractivity contribution in [3.05, 3.63) is 71.2 Å². The molecule has 2 atom stereocenters. The number of rotatable bonds is 5. The van der Waals surface area contributed by atoms with E-state index >= 15 is 0 Å². The molecule has 4 heteroatoms. The average Bonchev–Trinajstić information content (AvgIpc) is 3.25. The van der Waals surface area contributed by atoms with Crippen LogP contribution in [0.2, 0.25) is 0 Å². The summed E-state index contributed by atoms with van der Waals surface area (Å²) in [6, 6.07) is 14.6. The van der Waals surface area contributed by atoms with E-state index in [1.165, 1.54) is 29.5 Å². The Balaban J connectivity index is 1.38. The first-order valence-electron chi connectivity index (χ1n) is 8.21. The number of nitrogens with one attached hydrogen (secondary N) is 2. The number of hydrogen-bond donors (Lipinski definition) is 2. The molecule has 0 unspecified atom stereocenters. The highest BCUT2D eigenvalue weighted by atomic mass is 19.1. The number of H-pyrrole nitrogens is 1. The molecule has 3 aromatic rings. The number of nitrogens with zero attached hydrogens (tertiary/aromatic N) is 1. The maximum absolute atomic E-state index is 12.9. The van der Waals surface area contributed by atoms with Gasteiger partial charge in [-0.25, -0.2) is 4.39 Å². The zero-order chi connectivity index (χ0) is 16.5. The van der Waals surface area contributed by atoms with Crippen molar-refractivity contribution in [3.8, 4) is 6.07 Å². The first-order chi connectivity index (χ1) is 11.7. The lowest BCUT2D eigenvalue weighted by molar-refractivity contribution is 0.616. The van der Waals surface area contributed by atoms with Crippen LogP contribution in [0, 0.1) is 23.1 Å². The van der Waals surface area contributed by atoms with E-state index in [1.54, 1.807) is 0 Å². The van der Waals surface area contributed by atoms with E-state index in [-0.39, 0.29) is 5.82 Å². The van der Waals surface area contributed by atoms with Gasteiger partial charge in [-0.2, -0.15) is 5.26 Å². The van der Waals surface area contributed by atoms with E-state index in [9.17, 15) is 4.39 Å². The highest BCUT2D eigenvalue weighted by Crippen LogP contribution is 2.49. The molecule has 0 aliphatic heterocycles. The number of aromatic nitrogens is 1. The molecule has 24 heavy (non-hydrogen) atoms. The van der Waals surface area contributed by atoms with Crippen LogP contribution in [0.5, 0.6) is 0 Å². The first kappa shape index (κ1) is 14.9. The molecule has 2 aromatic carbocycles. The molecule has 0 spiro atoms. The van der Waals surface area contributed by atoms with E-state index in [0.29, 0.717) is 17.4 Å². The minimum atomic E-state index is -0.197. The molecule has 120 valence electrons. The summed E-state index contributed by atoms with van der Waals surface area (Å²) in [5.74, 6) is 0.973. The molecule has 0 bridgehead atoms. The van der Waals surface area contributed by atoms with Crippen LogP contribution in [0.1, 0.15) is 29.0 Å². The van der Waals surface area contributed by atoms with Crippen molar-refractivity contribution in [2.45, 2.75) is 18.9 Å². The summed E-state index contributed by atoms with van der Waals surface area (Å²) < 4.78 is 12.9. The smallest absolute Gasteiger partial charge is 0.123 e. The third-order valence-electron chi connectivity index (χ3n) is 4.81. The van der Waals surface area contributed by atoms with Crippen LogP contribution in [-0.2, 0) is 6.54 Å². The molecule has 1 aromatic heterocycles. The van der Waals surface area contributed by atoms with Crippen LogP contribution < -0.4 is 5.32 Å². The fourth-order valence-electron chi connectivity index (χ4n) is 3.38. The predicted octanol–water partition coefficient (Wildman–Crippen LogP) is 4.07. The van der Waals surface area contributed by atoms with Crippen molar-refractivity contribution in [3.63, 3.8) is 0 Å². The van der Waals surface area contributed by atoms with Crippen LogP contribution in [0.25, 0.3) is 10.9 Å². The van der Waals surface area contributed by atoms with Gasteiger partial charge in [0, 0.05) is 23.6 Å². The molecule has 0 amide bonds. The Bertz CT molecular complexity index is 905. The number of nitriles is 1. The highest BCUT2D eigenvalue weighted by molar-refractivity contribution is 5.85. The van der Waals surface area contributed by atoms with Gasteiger partial charge in [0.15, 0.2) is 0 Å². The third kappa shape index (κ3) is 2.91. The summed E-state index contributed by atoms with van der Waals surface area (Å²) in [4.78, 5) is 3.30. The van der Waals surface area contributed by atoms with Gasteiger partial charge in [-0.1, -0.05) is 12.1 Å². The van der Waals surface area contributed by atoms with Gasteiger partial charge in [-0.3, -0.25) is 0 Å². The van der Waals surface area contributed by atoms with Crippen LogP contribution in [0.4, 0.5) is 4.39 Å². The van der Waals surface area contributed by atoms with E-state index in [0.717, 1.165) is 24.2 Å². The SMILES string of the molecule is N#Cc1ccc2[nH]cc([C@@H]3C[C@H]3CNCc3ccc(F)cc3)c2c1. The second-order valence-corrected chi connectivity index (χ2v) is 6.48. The van der Waals surface area contributed by atoms with Gasteiger partial charge in [0.05, 0.1) is 11.6 Å². The Morgan fingerprint density at radius 1 is 1.21 bits per heavy atom. The molecule has 0 saturated heterocycles. The molecule has 1 fully saturated rings. The van der Waals surface area contributed by atoms with Gasteiger partial charge in [0.25, 0.3) is 0 Å². The summed E-state index contributed by atoms with van der Waals surface area (Å²) in [5.41, 5.74) is 4.21. The molecule has 1 aliphatic carbocycles. The molecule has 4 rings (SSSR count). The molecule has 2 N–H and O–H groups in total. The number of halogens is 1. The molecular weight excluding hydrogens is 301 g/mol. The number of hydrogen-bond acceptors (Lipinski definition) is 2. The van der Waals surface area contributed by atoms with Crippen molar-refractivity contribution in [2.75, 3.05) is 6.54 Å². The summed E-state index contributed by atoms with van der Waals surface area (Å²) in [7, 11) is 0. The van der Waals surface area contributed by atoms with E-state index in [1.807, 2.05) is 30.3 Å². The van der Waals surface area contributed by atoms with Crippen molar-refractivity contribution < 1.29 is 4.39 Å². The predicted molar refractivity (Wildman–Crippen MR) is 92.0 cm³/mol. The monoisotopic (exact) mass is 319 g/mol. The third-order valence-corrected chi connectivity index (χ3v) is 4.81. The molecule has 0 radical (unpaired) electrons. The minimum Gasteiger partial charge on any atom is -0.361 e. The number of aromatic amines is 1. The minimum absolute atomic E-state index is 0.197. The maximum Gasteiger partial charge on any atom is 0.123 e. The van der Waals surface area contributed by atoms with Crippen molar-refractivity contribution in [2.24, 2.45) is 5.92 Å². The zero-order valence-corrected chi connectivity index (χ0v) is 13.2. The second kappa shape index (κ2) is 6.10. The van der Waals surface area contributed by atoms with Gasteiger partial charge >= 0.3 is 0 Å². The summed E-state index contributed by atoms with van der Waals surface area (Å²) in [6.45, 7) is 1.71. The topological polar surface area (TPSA) is 51.6 Å². The lowest BCUT2D eigenvalue weighted by Crippen LogP contribution is -2.16. The summed E-state index contributed by atoms with van der Waals surface area (Å²) in [5, 5.41) is 13.7. The molecule has 1 aliphatic rings. The van der Waals surface area contributed by atoms with E-state index < -0.39 is 0 Å². The number of benzene rings is 2. The van der Waals surface area contributed by atoms with Crippen LogP contribution in [0.3, 0.4) is 0 Å². The second-order valence-electron chi connectivity index (χ2n) is 6.48. The standard InChI is InChI=1S/C20H18FN3/c21-16-4-1-13(2-5-16)10-23-11-15-8-17(15)19-12-24-20-6-3-14(9-22)7-18(19)20/h1-7,12,15,17,23-24H,8,10-11H2/t15-,17+/m0/s1. The largest absolute Gasteiger partial charge is 0.361 e. The molecule has 3 nitrogen and oxygen atoms in total. The summed E-state index contributed by atoms with van der Waals surface area (Å²) in [6.07, 6.45) is 3.25. The lowest BCUT2D eigenvalue weighted by Gasteiger charge is -2.05. The Labute approximate surface area is 140 Å². The highest BCUT2D eigenvalue weighted by Gasteiger charge is 2.39. The Hall–Kier alpha value is -2.64. The van der Waals surface area contributed by atoms with Crippen LogP contribution >= 0.6 is 0 Å². The first-order valence-corrected chi connectivity index (χ1v) is 8.21. The Morgan fingerprint density at radius 3 is 2.83 bits per heavy atom. The molecular formula is C20H18FN3. The van der Waals surface area contributed by atoms with Gasteiger partial charge in [0.2, 0.25) is 0 Å². The van der Waals surface area contributed by atoms with Crippen molar-refractivity contribution >= 4 is 10.9 Å². The lowest BCUT2D eigenvalue weighted by atomic mass is 10.1. The number of fused-ring (bicyclic) bond motifs is 1. The fraction of sp³-hybridized carbons (Fsp3) is 0.250. The van der Waals surface area contributed by atoms with Crippen LogP contribution in [-0.4, -0.2) is 11.5 Å². The van der Waals surface area contributed by atoms with Gasteiger partial charge < -0.3 is 10.3 Å². The van der Waals surface area contributed by atoms with Gasteiger partial charge in [-0.15, -0.1) is 0 Å². The maximum atomic E-state index is 12.9. The summed E-state index contributed by atoms with van der Waals surface area (Å²) >= 11 is 0. The van der Waals surface area contributed by atoms with Gasteiger partial charge in [-0.05, 0) is 66.3 Å².